The van der Waals surface area contributed by atoms with E-state index in [9.17, 15) is 0 Å². The van der Waals surface area contributed by atoms with Crippen molar-refractivity contribution in [1.82, 2.24) is 10.2 Å². The van der Waals surface area contributed by atoms with Crippen molar-refractivity contribution in [2.75, 3.05) is 26.2 Å². The Morgan fingerprint density at radius 3 is 2.53 bits per heavy atom. The van der Waals surface area contributed by atoms with Gasteiger partial charge in [0.1, 0.15) is 0 Å². The average molecular weight is 240 g/mol. The van der Waals surface area contributed by atoms with Gasteiger partial charge in [-0.25, -0.2) is 0 Å². The third-order valence-electron chi connectivity index (χ3n) is 3.56. The minimum atomic E-state index is 0.771. The molecule has 0 aromatic carbocycles. The second kappa shape index (κ2) is 8.10. The van der Waals surface area contributed by atoms with E-state index in [1.807, 2.05) is 0 Å². The first-order valence-electron chi connectivity index (χ1n) is 7.54. The van der Waals surface area contributed by atoms with Crippen LogP contribution in [-0.2, 0) is 0 Å². The van der Waals surface area contributed by atoms with Crippen LogP contribution in [0.1, 0.15) is 53.4 Å². The smallest absolute Gasteiger partial charge is 0.0107 e. The number of likely N-dealkylation sites (tertiary alicyclic amines) is 1. The Balaban J connectivity index is 2.22. The van der Waals surface area contributed by atoms with E-state index in [-0.39, 0.29) is 0 Å². The first-order chi connectivity index (χ1) is 8.09. The summed E-state index contributed by atoms with van der Waals surface area (Å²) in [5, 5.41) is 3.58. The van der Waals surface area contributed by atoms with Crippen molar-refractivity contribution in [3.05, 3.63) is 0 Å². The molecule has 1 saturated heterocycles. The van der Waals surface area contributed by atoms with Gasteiger partial charge in [0.25, 0.3) is 0 Å². The molecule has 0 aromatic rings. The highest BCUT2D eigenvalue weighted by atomic mass is 15.2. The summed E-state index contributed by atoms with van der Waals surface area (Å²) < 4.78 is 0. The normalized spacial score (nSPS) is 22.6. The van der Waals surface area contributed by atoms with Crippen molar-refractivity contribution in [3.63, 3.8) is 0 Å². The van der Waals surface area contributed by atoms with Crippen LogP contribution in [0.3, 0.4) is 0 Å². The molecule has 0 radical (unpaired) electrons. The molecular weight excluding hydrogens is 208 g/mol. The highest BCUT2D eigenvalue weighted by Gasteiger charge is 2.22. The number of hydrogen-bond donors (Lipinski definition) is 1. The Labute approximate surface area is 108 Å². The molecule has 2 nitrogen and oxygen atoms in total. The van der Waals surface area contributed by atoms with E-state index < -0.39 is 0 Å². The van der Waals surface area contributed by atoms with E-state index in [2.05, 4.69) is 37.9 Å². The Kier molecular flexibility index (Phi) is 7.14. The molecule has 1 atom stereocenters. The second-order valence-corrected chi connectivity index (χ2v) is 6.43. The summed E-state index contributed by atoms with van der Waals surface area (Å²) in [7, 11) is 0. The number of nitrogens with zero attached hydrogens (tertiary/aromatic N) is 1. The lowest BCUT2D eigenvalue weighted by atomic mass is 9.98. The van der Waals surface area contributed by atoms with Crippen LogP contribution in [0.4, 0.5) is 0 Å². The van der Waals surface area contributed by atoms with Gasteiger partial charge in [0.05, 0.1) is 0 Å². The largest absolute Gasteiger partial charge is 0.316 e. The van der Waals surface area contributed by atoms with Crippen LogP contribution in [0.5, 0.6) is 0 Å². The Morgan fingerprint density at radius 1 is 1.12 bits per heavy atom. The van der Waals surface area contributed by atoms with Crippen LogP contribution in [0.2, 0.25) is 0 Å². The molecule has 0 aliphatic carbocycles. The van der Waals surface area contributed by atoms with Gasteiger partial charge in [-0.05, 0) is 50.7 Å². The fourth-order valence-electron chi connectivity index (χ4n) is 2.76. The van der Waals surface area contributed by atoms with Gasteiger partial charge >= 0.3 is 0 Å². The van der Waals surface area contributed by atoms with Crippen molar-refractivity contribution < 1.29 is 0 Å². The SMILES string of the molecule is CC(C)CNCC[C@@H]1CCCCN1CC(C)C. The van der Waals surface area contributed by atoms with Crippen LogP contribution in [-0.4, -0.2) is 37.1 Å². The topological polar surface area (TPSA) is 15.3 Å². The zero-order valence-corrected chi connectivity index (χ0v) is 12.3. The van der Waals surface area contributed by atoms with Crippen molar-refractivity contribution in [2.24, 2.45) is 11.8 Å². The number of hydrogen-bond acceptors (Lipinski definition) is 2. The van der Waals surface area contributed by atoms with Gasteiger partial charge < -0.3 is 10.2 Å². The summed E-state index contributed by atoms with van der Waals surface area (Å²) in [5.41, 5.74) is 0. The van der Waals surface area contributed by atoms with Gasteiger partial charge in [0.2, 0.25) is 0 Å². The third kappa shape index (κ3) is 6.42. The molecule has 1 N–H and O–H groups in total. The lowest BCUT2D eigenvalue weighted by molar-refractivity contribution is 0.124. The number of nitrogens with one attached hydrogen (secondary N) is 1. The summed E-state index contributed by atoms with van der Waals surface area (Å²) in [6.45, 7) is 14.2. The first-order valence-corrected chi connectivity index (χ1v) is 7.54. The maximum Gasteiger partial charge on any atom is 0.0107 e. The molecule has 0 aromatic heterocycles. The Hall–Kier alpha value is -0.0800. The maximum absolute atomic E-state index is 3.58. The van der Waals surface area contributed by atoms with E-state index in [0.29, 0.717) is 0 Å². The van der Waals surface area contributed by atoms with E-state index in [1.165, 1.54) is 45.3 Å². The van der Waals surface area contributed by atoms with E-state index in [1.54, 1.807) is 0 Å². The first kappa shape index (κ1) is 15.0. The van der Waals surface area contributed by atoms with Gasteiger partial charge in [-0.1, -0.05) is 34.1 Å². The summed E-state index contributed by atoms with van der Waals surface area (Å²) in [6, 6.07) is 0.839. The lowest BCUT2D eigenvalue weighted by Gasteiger charge is -2.37. The fourth-order valence-corrected chi connectivity index (χ4v) is 2.76. The van der Waals surface area contributed by atoms with Crippen LogP contribution >= 0.6 is 0 Å². The van der Waals surface area contributed by atoms with E-state index in [4.69, 9.17) is 0 Å². The number of piperidine rings is 1. The molecule has 1 aliphatic heterocycles. The predicted octanol–water partition coefficient (Wildman–Crippen LogP) is 3.13. The second-order valence-electron chi connectivity index (χ2n) is 6.43. The summed E-state index contributed by atoms with van der Waals surface area (Å²) in [4.78, 5) is 2.73. The molecule has 0 saturated carbocycles. The minimum Gasteiger partial charge on any atom is -0.316 e. The van der Waals surface area contributed by atoms with Gasteiger partial charge in [0, 0.05) is 12.6 Å². The summed E-state index contributed by atoms with van der Waals surface area (Å²) in [5.74, 6) is 1.58. The molecule has 1 rings (SSSR count). The Morgan fingerprint density at radius 2 is 1.88 bits per heavy atom. The molecule has 1 aliphatic rings. The van der Waals surface area contributed by atoms with Crippen LogP contribution in [0, 0.1) is 11.8 Å². The standard InChI is InChI=1S/C15H32N2/c1-13(2)11-16-9-8-15-7-5-6-10-17(15)12-14(3)4/h13-16H,5-12H2,1-4H3/t15-/m0/s1. The lowest BCUT2D eigenvalue weighted by Crippen LogP contribution is -2.43. The summed E-state index contributed by atoms with van der Waals surface area (Å²) in [6.07, 6.45) is 5.58. The Bertz CT molecular complexity index is 189. The molecule has 102 valence electrons. The average Bonchev–Trinajstić information content (AvgIpc) is 2.25. The van der Waals surface area contributed by atoms with E-state index in [0.717, 1.165) is 24.4 Å². The summed E-state index contributed by atoms with van der Waals surface area (Å²) >= 11 is 0. The van der Waals surface area contributed by atoms with Crippen LogP contribution in [0.25, 0.3) is 0 Å². The molecule has 17 heavy (non-hydrogen) atoms. The van der Waals surface area contributed by atoms with Crippen molar-refractivity contribution in [1.29, 1.82) is 0 Å². The van der Waals surface area contributed by atoms with Gasteiger partial charge in [-0.15, -0.1) is 0 Å². The van der Waals surface area contributed by atoms with Gasteiger partial charge in [-0.2, -0.15) is 0 Å². The third-order valence-corrected chi connectivity index (χ3v) is 3.56. The molecule has 1 heterocycles. The van der Waals surface area contributed by atoms with Crippen molar-refractivity contribution in [3.8, 4) is 0 Å². The molecule has 0 amide bonds. The van der Waals surface area contributed by atoms with Crippen LogP contribution < -0.4 is 5.32 Å². The molecule has 0 unspecified atom stereocenters. The van der Waals surface area contributed by atoms with Crippen molar-refractivity contribution in [2.45, 2.75) is 59.4 Å². The fraction of sp³-hybridized carbons (Fsp3) is 1.00. The monoisotopic (exact) mass is 240 g/mol. The molecule has 1 fully saturated rings. The number of rotatable bonds is 7. The quantitative estimate of drug-likeness (QED) is 0.688. The van der Waals surface area contributed by atoms with Crippen molar-refractivity contribution >= 4 is 0 Å². The zero-order chi connectivity index (χ0) is 12.7. The highest BCUT2D eigenvalue weighted by molar-refractivity contribution is 4.78. The molecule has 0 bridgehead atoms. The zero-order valence-electron chi connectivity index (χ0n) is 12.3. The van der Waals surface area contributed by atoms with E-state index >= 15 is 0 Å². The highest BCUT2D eigenvalue weighted by Crippen LogP contribution is 2.20. The predicted molar refractivity (Wildman–Crippen MR) is 76.4 cm³/mol. The molecule has 2 heteroatoms. The van der Waals surface area contributed by atoms with Gasteiger partial charge in [0.15, 0.2) is 0 Å². The molecular formula is C15H32N2. The van der Waals surface area contributed by atoms with Crippen LogP contribution in [0.15, 0.2) is 0 Å². The minimum absolute atomic E-state index is 0.771. The molecule has 0 spiro atoms. The maximum atomic E-state index is 3.58. The van der Waals surface area contributed by atoms with Gasteiger partial charge in [-0.3, -0.25) is 0 Å².